The van der Waals surface area contributed by atoms with E-state index in [0.717, 1.165) is 0 Å². The van der Waals surface area contributed by atoms with Gasteiger partial charge in [-0.05, 0) is 57.1 Å². The zero-order valence-corrected chi connectivity index (χ0v) is 22.7. The van der Waals surface area contributed by atoms with Crippen molar-refractivity contribution in [1.29, 1.82) is 0 Å². The minimum atomic E-state index is -0.392. The van der Waals surface area contributed by atoms with Crippen LogP contribution < -0.4 is 24.3 Å². The molecule has 0 fully saturated rings. The van der Waals surface area contributed by atoms with Crippen LogP contribution in [0.2, 0.25) is 5.02 Å². The summed E-state index contributed by atoms with van der Waals surface area (Å²) in [5.41, 5.74) is 0.0888. The first-order valence-electron chi connectivity index (χ1n) is 12.1. The number of ether oxygens (including phenoxy) is 4. The maximum absolute atomic E-state index is 13.7. The number of methoxy groups -OCH3 is 1. The van der Waals surface area contributed by atoms with Gasteiger partial charge in [0.1, 0.15) is 40.2 Å². The third kappa shape index (κ3) is 7.27. The molecule has 0 bridgehead atoms. The van der Waals surface area contributed by atoms with Crippen molar-refractivity contribution in [3.63, 3.8) is 0 Å². The Bertz CT molecular complexity index is 1500. The van der Waals surface area contributed by atoms with Crippen molar-refractivity contribution in [1.82, 2.24) is 0 Å². The molecule has 0 saturated heterocycles. The molecule has 0 aliphatic heterocycles. The maximum atomic E-state index is 13.7. The number of carbonyl (C=O) groups excluding carboxylic acids is 1. The molecule has 5 rings (SSSR count). The second-order valence-electron chi connectivity index (χ2n) is 8.31. The molecular formula is C32H25ClLiO5P. The van der Waals surface area contributed by atoms with Crippen molar-refractivity contribution in [2.75, 3.05) is 7.11 Å². The Balaban J connectivity index is 0.00000370. The van der Waals surface area contributed by atoms with Gasteiger partial charge >= 0.3 is 18.9 Å². The van der Waals surface area contributed by atoms with Gasteiger partial charge in [-0.15, -0.1) is 0 Å². The van der Waals surface area contributed by atoms with Gasteiger partial charge in [-0.2, -0.15) is 0 Å². The quantitative estimate of drug-likeness (QED) is 0.127. The summed E-state index contributed by atoms with van der Waals surface area (Å²) in [7, 11) is 1.12. The number of halogens is 1. The number of para-hydroxylation sites is 3. The SMILES string of the molecule is COc1cccc(Cl)c1C(=O)Pc1c(Oc2ccccc2)cc(Oc2ccccc2)cc1Oc1ccccc1.[LiH]. The fraction of sp³-hybridized carbons (Fsp3) is 0.0312. The van der Waals surface area contributed by atoms with E-state index in [1.54, 1.807) is 30.3 Å². The van der Waals surface area contributed by atoms with Crippen molar-refractivity contribution >= 4 is 49.9 Å². The molecular weight excluding hydrogens is 538 g/mol. The summed E-state index contributed by atoms with van der Waals surface area (Å²) in [6, 6.07) is 36.7. The second kappa shape index (κ2) is 14.1. The molecule has 1 unspecified atom stereocenters. The molecule has 5 aromatic rings. The van der Waals surface area contributed by atoms with Gasteiger partial charge in [0.05, 0.1) is 23.0 Å². The van der Waals surface area contributed by atoms with Crippen LogP contribution in [0.3, 0.4) is 0 Å². The van der Waals surface area contributed by atoms with Crippen LogP contribution >= 0.6 is 20.2 Å². The monoisotopic (exact) mass is 562 g/mol. The number of hydrogen-bond acceptors (Lipinski definition) is 5. The van der Waals surface area contributed by atoms with Crippen molar-refractivity contribution in [2.24, 2.45) is 0 Å². The van der Waals surface area contributed by atoms with E-state index < -0.39 is 8.58 Å². The standard InChI is InChI=1S/C32H24ClO5P.Li.H/c1-35-27-19-11-18-26(33)30(27)32(34)39-31-28(37-23-14-7-3-8-15-23)20-25(36-22-12-5-2-6-13-22)21-29(31)38-24-16-9-4-10-17-24;;/h2-21,39H,1H3;;. The second-order valence-corrected chi connectivity index (χ2v) is 9.92. The summed E-state index contributed by atoms with van der Waals surface area (Å²) < 4.78 is 24.2. The number of hydrogen-bond donors (Lipinski definition) is 0. The van der Waals surface area contributed by atoms with E-state index in [0.29, 0.717) is 56.1 Å². The van der Waals surface area contributed by atoms with Gasteiger partial charge in [0, 0.05) is 12.1 Å². The van der Waals surface area contributed by atoms with Gasteiger partial charge in [0.2, 0.25) is 0 Å². The summed E-state index contributed by atoms with van der Waals surface area (Å²) in [5, 5.41) is 0.877. The van der Waals surface area contributed by atoms with Gasteiger partial charge in [0.25, 0.3) is 0 Å². The third-order valence-electron chi connectivity index (χ3n) is 5.62. The summed E-state index contributed by atoms with van der Waals surface area (Å²) in [6.45, 7) is 0. The fourth-order valence-corrected chi connectivity index (χ4v) is 5.27. The van der Waals surface area contributed by atoms with E-state index >= 15 is 0 Å². The Morgan fingerprint density at radius 2 is 1.07 bits per heavy atom. The molecule has 0 aliphatic carbocycles. The normalized spacial score (nSPS) is 10.6. The minimum absolute atomic E-state index is 0. The first-order valence-corrected chi connectivity index (χ1v) is 13.5. The van der Waals surface area contributed by atoms with Crippen LogP contribution in [-0.4, -0.2) is 31.5 Å². The number of benzene rings is 5. The first kappa shape index (κ1) is 29.3. The van der Waals surface area contributed by atoms with Crippen molar-refractivity contribution in [3.05, 3.63) is 132 Å². The molecule has 0 amide bonds. The van der Waals surface area contributed by atoms with Crippen LogP contribution in [0, 0.1) is 0 Å². The van der Waals surface area contributed by atoms with Gasteiger partial charge < -0.3 is 18.9 Å². The zero-order valence-electron chi connectivity index (χ0n) is 21.0. The van der Waals surface area contributed by atoms with E-state index in [2.05, 4.69) is 0 Å². The van der Waals surface area contributed by atoms with Crippen LogP contribution in [0.1, 0.15) is 10.4 Å². The van der Waals surface area contributed by atoms with Gasteiger partial charge in [-0.1, -0.05) is 72.3 Å². The molecule has 1 atom stereocenters. The Morgan fingerprint density at radius 1 is 0.600 bits per heavy atom. The van der Waals surface area contributed by atoms with E-state index in [1.165, 1.54) is 7.11 Å². The predicted octanol–water partition coefficient (Wildman–Crippen LogP) is 8.22. The van der Waals surface area contributed by atoms with Gasteiger partial charge in [-0.25, -0.2) is 0 Å². The van der Waals surface area contributed by atoms with Gasteiger partial charge in [-0.3, -0.25) is 4.79 Å². The van der Waals surface area contributed by atoms with Crippen molar-refractivity contribution in [2.45, 2.75) is 0 Å². The van der Waals surface area contributed by atoms with Crippen LogP contribution in [0.25, 0.3) is 0 Å². The molecule has 196 valence electrons. The molecule has 0 heterocycles. The van der Waals surface area contributed by atoms with E-state index in [1.807, 2.05) is 91.0 Å². The predicted molar refractivity (Wildman–Crippen MR) is 163 cm³/mol. The molecule has 0 spiro atoms. The Hall–Kier alpha value is -3.71. The summed E-state index contributed by atoms with van der Waals surface area (Å²) in [6.07, 6.45) is 0. The topological polar surface area (TPSA) is 54.0 Å². The zero-order chi connectivity index (χ0) is 27.0. The van der Waals surface area contributed by atoms with Gasteiger partial charge in [0.15, 0.2) is 5.52 Å². The molecule has 0 saturated carbocycles. The fourth-order valence-electron chi connectivity index (χ4n) is 3.84. The average molecular weight is 563 g/mol. The van der Waals surface area contributed by atoms with Crippen LogP contribution in [0.5, 0.6) is 40.2 Å². The molecule has 5 nitrogen and oxygen atoms in total. The summed E-state index contributed by atoms with van der Waals surface area (Å²) in [5.74, 6) is 3.62. The van der Waals surface area contributed by atoms with Crippen LogP contribution in [0.15, 0.2) is 121 Å². The summed E-state index contributed by atoms with van der Waals surface area (Å²) in [4.78, 5) is 13.7. The van der Waals surface area contributed by atoms with E-state index in [9.17, 15) is 4.79 Å². The molecule has 5 aromatic carbocycles. The Labute approximate surface area is 252 Å². The van der Waals surface area contributed by atoms with Crippen molar-refractivity contribution < 1.29 is 23.7 Å². The van der Waals surface area contributed by atoms with E-state index in [-0.39, 0.29) is 24.4 Å². The molecule has 0 aliphatic rings. The molecule has 40 heavy (non-hydrogen) atoms. The Kier molecular flexibility index (Phi) is 10.3. The third-order valence-corrected chi connectivity index (χ3v) is 7.16. The number of rotatable bonds is 10. The molecule has 0 radical (unpaired) electrons. The molecule has 8 heteroatoms. The average Bonchev–Trinajstić information content (AvgIpc) is 2.96. The number of carbonyl (C=O) groups is 1. The summed E-state index contributed by atoms with van der Waals surface area (Å²) >= 11 is 6.44. The van der Waals surface area contributed by atoms with Crippen molar-refractivity contribution in [3.8, 4) is 40.2 Å². The van der Waals surface area contributed by atoms with E-state index in [4.69, 9.17) is 30.5 Å². The molecule has 0 N–H and O–H groups in total. The van der Waals surface area contributed by atoms with Crippen LogP contribution in [-0.2, 0) is 0 Å². The molecule has 0 aromatic heterocycles. The first-order chi connectivity index (χ1) is 19.1. The Morgan fingerprint density at radius 3 is 1.55 bits per heavy atom. The van der Waals surface area contributed by atoms with Crippen LogP contribution in [0.4, 0.5) is 0 Å².